The first-order valence-corrected chi connectivity index (χ1v) is 7.63. The smallest absolute Gasteiger partial charge is 0.258 e. The molecule has 0 unspecified atom stereocenters. The highest BCUT2D eigenvalue weighted by atomic mass is 33.1. The summed E-state index contributed by atoms with van der Waals surface area (Å²) in [5.74, 6) is 0. The largest absolute Gasteiger partial charge is 0.269 e. The van der Waals surface area contributed by atoms with Crippen molar-refractivity contribution in [2.75, 3.05) is 0 Å². The lowest BCUT2D eigenvalue weighted by Crippen LogP contribution is -2.12. The zero-order valence-electron chi connectivity index (χ0n) is 9.71. The van der Waals surface area contributed by atoms with Gasteiger partial charge in [0.25, 0.3) is 5.69 Å². The Labute approximate surface area is 104 Å². The maximum atomic E-state index is 11.9. The van der Waals surface area contributed by atoms with E-state index in [1.807, 2.05) is 0 Å². The van der Waals surface area contributed by atoms with Crippen LogP contribution in [0.25, 0.3) is 0 Å². The summed E-state index contributed by atoms with van der Waals surface area (Å²) in [7, 11) is -2.64. The molecule has 0 amide bonds. The maximum Gasteiger partial charge on any atom is 0.269 e. The number of rotatable bonds is 3. The molecular formula is C10H13NO4S2. The minimum Gasteiger partial charge on any atom is -0.258 e. The molecule has 5 nitrogen and oxygen atoms in total. The van der Waals surface area contributed by atoms with Crippen molar-refractivity contribution in [3.05, 3.63) is 34.4 Å². The van der Waals surface area contributed by atoms with Crippen LogP contribution in [-0.4, -0.2) is 18.1 Å². The van der Waals surface area contributed by atoms with Gasteiger partial charge in [0.15, 0.2) is 0 Å². The zero-order chi connectivity index (χ0) is 13.3. The first kappa shape index (κ1) is 14.0. The monoisotopic (exact) mass is 275 g/mol. The third-order valence-corrected chi connectivity index (χ3v) is 6.00. The number of benzene rings is 1. The Balaban J connectivity index is 3.05. The van der Waals surface area contributed by atoms with E-state index >= 15 is 0 Å². The summed E-state index contributed by atoms with van der Waals surface area (Å²) in [5, 5.41) is 10.4. The van der Waals surface area contributed by atoms with Crippen LogP contribution in [-0.2, 0) is 8.87 Å². The molecule has 7 heteroatoms. The Kier molecular flexibility index (Phi) is 3.83. The summed E-state index contributed by atoms with van der Waals surface area (Å²) >= 11 is 0. The van der Waals surface area contributed by atoms with Crippen LogP contribution in [0.4, 0.5) is 5.69 Å². The third kappa shape index (κ3) is 4.01. The van der Waals surface area contributed by atoms with Gasteiger partial charge in [-0.05, 0) is 43.7 Å². The normalized spacial score (nSPS) is 12.4. The Hall–Kier alpha value is -1.08. The molecule has 0 aliphatic rings. The second-order valence-electron chi connectivity index (χ2n) is 4.40. The lowest BCUT2D eigenvalue weighted by Gasteiger charge is -2.16. The van der Waals surface area contributed by atoms with E-state index in [0.717, 1.165) is 10.8 Å². The van der Waals surface area contributed by atoms with Gasteiger partial charge in [0, 0.05) is 16.9 Å². The molecule has 0 radical (unpaired) electrons. The topological polar surface area (TPSA) is 77.3 Å². The fourth-order valence-electron chi connectivity index (χ4n) is 1.11. The van der Waals surface area contributed by atoms with Gasteiger partial charge in [-0.3, -0.25) is 10.1 Å². The molecule has 17 heavy (non-hydrogen) atoms. The summed E-state index contributed by atoms with van der Waals surface area (Å²) in [6.45, 7) is 5.38. The summed E-state index contributed by atoms with van der Waals surface area (Å²) < 4.78 is 23.4. The van der Waals surface area contributed by atoms with Crippen LogP contribution < -0.4 is 0 Å². The van der Waals surface area contributed by atoms with Gasteiger partial charge in [-0.2, -0.15) is 0 Å². The SMILES string of the molecule is CC(C)(C)SS(=O)(=O)c1ccc([N+](=O)[O-])cc1. The van der Waals surface area contributed by atoms with E-state index in [2.05, 4.69) is 0 Å². The van der Waals surface area contributed by atoms with Crippen LogP contribution in [0.2, 0.25) is 0 Å². The molecule has 0 aliphatic heterocycles. The van der Waals surface area contributed by atoms with Crippen LogP contribution in [0.15, 0.2) is 29.2 Å². The van der Waals surface area contributed by atoms with Crippen LogP contribution in [0.3, 0.4) is 0 Å². The molecule has 0 spiro atoms. The van der Waals surface area contributed by atoms with Gasteiger partial charge in [-0.1, -0.05) is 0 Å². The van der Waals surface area contributed by atoms with Crippen LogP contribution in [0, 0.1) is 10.1 Å². The van der Waals surface area contributed by atoms with Gasteiger partial charge in [0.05, 0.1) is 9.82 Å². The van der Waals surface area contributed by atoms with Crippen molar-refractivity contribution in [3.8, 4) is 0 Å². The Morgan fingerprint density at radius 2 is 1.65 bits per heavy atom. The van der Waals surface area contributed by atoms with E-state index in [1.165, 1.54) is 24.3 Å². The molecule has 0 N–H and O–H groups in total. The van der Waals surface area contributed by atoms with E-state index < -0.39 is 18.5 Å². The number of hydrogen-bond donors (Lipinski definition) is 0. The van der Waals surface area contributed by atoms with Gasteiger partial charge >= 0.3 is 0 Å². The van der Waals surface area contributed by atoms with Crippen molar-refractivity contribution in [1.82, 2.24) is 0 Å². The Bertz CT molecular complexity index is 514. The standard InChI is InChI=1S/C10H13NO4S2/c1-10(2,3)16-17(14,15)9-6-4-8(5-7-9)11(12)13/h4-7H,1-3H3. The second-order valence-corrected chi connectivity index (χ2v) is 8.99. The summed E-state index contributed by atoms with van der Waals surface area (Å²) in [6.07, 6.45) is 0. The average molecular weight is 275 g/mol. The molecule has 1 rings (SSSR count). The highest BCUT2D eigenvalue weighted by Gasteiger charge is 2.24. The molecule has 0 atom stereocenters. The molecule has 0 bridgehead atoms. The van der Waals surface area contributed by atoms with Crippen molar-refractivity contribution in [2.24, 2.45) is 0 Å². The lowest BCUT2D eigenvalue weighted by atomic mass is 10.3. The fraction of sp³-hybridized carbons (Fsp3) is 0.400. The zero-order valence-corrected chi connectivity index (χ0v) is 11.3. The van der Waals surface area contributed by atoms with Gasteiger partial charge < -0.3 is 0 Å². The van der Waals surface area contributed by atoms with Crippen LogP contribution in [0.5, 0.6) is 0 Å². The second kappa shape index (κ2) is 4.66. The highest BCUT2D eigenvalue weighted by molar-refractivity contribution is 8.72. The number of nitrogens with zero attached hydrogens (tertiary/aromatic N) is 1. The Morgan fingerprint density at radius 3 is 2.00 bits per heavy atom. The molecule has 1 aromatic rings. The number of hydrogen-bond acceptors (Lipinski definition) is 5. The van der Waals surface area contributed by atoms with E-state index in [-0.39, 0.29) is 10.6 Å². The van der Waals surface area contributed by atoms with Crippen LogP contribution in [0.1, 0.15) is 20.8 Å². The van der Waals surface area contributed by atoms with Crippen molar-refractivity contribution in [1.29, 1.82) is 0 Å². The van der Waals surface area contributed by atoms with Crippen molar-refractivity contribution < 1.29 is 13.3 Å². The number of nitro benzene ring substituents is 1. The van der Waals surface area contributed by atoms with E-state index in [1.54, 1.807) is 20.8 Å². The van der Waals surface area contributed by atoms with Crippen molar-refractivity contribution in [3.63, 3.8) is 0 Å². The molecule has 0 fully saturated rings. The highest BCUT2D eigenvalue weighted by Crippen LogP contribution is 2.34. The number of nitro groups is 1. The molecule has 94 valence electrons. The first-order valence-electron chi connectivity index (χ1n) is 4.82. The minimum absolute atomic E-state index is 0.0861. The summed E-state index contributed by atoms with van der Waals surface area (Å²) in [6, 6.07) is 4.89. The van der Waals surface area contributed by atoms with E-state index in [4.69, 9.17) is 0 Å². The van der Waals surface area contributed by atoms with Gasteiger partial charge in [-0.25, -0.2) is 8.42 Å². The molecule has 0 heterocycles. The van der Waals surface area contributed by atoms with Gasteiger partial charge in [0.1, 0.15) is 0 Å². The molecule has 0 aromatic heterocycles. The first-order chi connectivity index (χ1) is 7.62. The molecule has 1 aromatic carbocycles. The third-order valence-electron chi connectivity index (χ3n) is 1.70. The fourth-order valence-corrected chi connectivity index (χ4v) is 4.93. The van der Waals surface area contributed by atoms with Crippen LogP contribution >= 0.6 is 10.8 Å². The molecule has 0 aliphatic carbocycles. The average Bonchev–Trinajstić information content (AvgIpc) is 2.14. The van der Waals surface area contributed by atoms with Gasteiger partial charge in [0.2, 0.25) is 8.87 Å². The minimum atomic E-state index is -3.47. The van der Waals surface area contributed by atoms with Crippen molar-refractivity contribution in [2.45, 2.75) is 30.4 Å². The number of non-ortho nitro benzene ring substituents is 1. The predicted octanol–water partition coefficient (Wildman–Crippen LogP) is 2.82. The lowest BCUT2D eigenvalue weighted by molar-refractivity contribution is -0.384. The molecular weight excluding hydrogens is 262 g/mol. The Morgan fingerprint density at radius 1 is 1.18 bits per heavy atom. The molecule has 0 saturated heterocycles. The summed E-state index contributed by atoms with van der Waals surface area (Å²) in [4.78, 5) is 9.97. The van der Waals surface area contributed by atoms with Gasteiger partial charge in [-0.15, -0.1) is 0 Å². The molecule has 0 saturated carbocycles. The predicted molar refractivity (Wildman–Crippen MR) is 67.6 cm³/mol. The van der Waals surface area contributed by atoms with Crippen molar-refractivity contribution >= 4 is 25.4 Å². The maximum absolute atomic E-state index is 11.9. The van der Waals surface area contributed by atoms with E-state index in [9.17, 15) is 18.5 Å². The van der Waals surface area contributed by atoms with E-state index in [0.29, 0.717) is 0 Å². The summed E-state index contributed by atoms with van der Waals surface area (Å²) in [5.41, 5.74) is -0.121. The quantitative estimate of drug-likeness (QED) is 0.481.